The topological polar surface area (TPSA) is 133 Å². The van der Waals surface area contributed by atoms with E-state index in [1.807, 2.05) is 41.8 Å². The standard InChI is InChI=1S/C21H18N6S.C2HF3O2/c22-12-16-19(15-6-2-1-3-7-15)17(13-23)21(28-14-18-24-8-9-25-18)26-20(16)27-10-4-5-11-27;3-2(4,5)1(6)7/h1-3,6-9H,4-5,10-11,14H2,(H,24,25);(H,6,7). The van der Waals surface area contributed by atoms with Gasteiger partial charge in [-0.3, -0.25) is 5.32 Å². The van der Waals surface area contributed by atoms with Crippen molar-refractivity contribution in [2.45, 2.75) is 24.0 Å². The fourth-order valence-corrected chi connectivity index (χ4v) is 4.38. The molecule has 1 fully saturated rings. The molecule has 0 saturated carbocycles. The molecular formula is C23H19F3N6O2S. The Hall–Kier alpha value is -3.87. The molecular weight excluding hydrogens is 481 g/mol. The number of aliphatic carboxylic acids is 1. The smallest absolute Gasteiger partial charge is 0.430 e. The second-order valence-corrected chi connectivity index (χ2v) is 8.32. The normalized spacial score (nSPS) is 14.5. The summed E-state index contributed by atoms with van der Waals surface area (Å²) in [7, 11) is 0. The van der Waals surface area contributed by atoms with E-state index in [4.69, 9.17) is 14.9 Å². The Morgan fingerprint density at radius 3 is 2.29 bits per heavy atom. The summed E-state index contributed by atoms with van der Waals surface area (Å²) in [6.45, 7) is 1.77. The Bertz CT molecular complexity index is 1230. The van der Waals surface area contributed by atoms with Crippen LogP contribution in [0.1, 0.15) is 24.0 Å². The molecule has 0 radical (unpaired) electrons. The van der Waals surface area contributed by atoms with E-state index in [1.54, 1.807) is 6.20 Å². The number of amidine groups is 1. The fourth-order valence-electron chi connectivity index (χ4n) is 3.48. The number of carbonyl (C=O) groups is 1. The number of hydrogen-bond acceptors (Lipinski definition) is 8. The van der Waals surface area contributed by atoms with Crippen LogP contribution >= 0.6 is 11.8 Å². The van der Waals surface area contributed by atoms with Crippen LogP contribution in [0, 0.1) is 22.7 Å². The molecule has 2 N–H and O–H groups in total. The lowest BCUT2D eigenvalue weighted by molar-refractivity contribution is -0.458. The first kappa shape index (κ1) is 25.7. The molecule has 1 aromatic heterocycles. The van der Waals surface area contributed by atoms with Crippen molar-refractivity contribution >= 4 is 29.4 Å². The summed E-state index contributed by atoms with van der Waals surface area (Å²) in [5, 5.41) is 31.3. The number of nitriles is 2. The Balaban J connectivity index is 0.000000429. The van der Waals surface area contributed by atoms with Crippen LogP contribution in [0.2, 0.25) is 0 Å². The van der Waals surface area contributed by atoms with E-state index in [1.165, 1.54) is 11.8 Å². The van der Waals surface area contributed by atoms with E-state index in [9.17, 15) is 23.7 Å². The molecule has 2 aliphatic rings. The van der Waals surface area contributed by atoms with Crippen LogP contribution in [-0.2, 0) is 4.79 Å². The molecule has 3 heterocycles. The Morgan fingerprint density at radius 2 is 1.77 bits per heavy atom. The number of rotatable bonds is 5. The fraction of sp³-hybridized carbons (Fsp3) is 0.261. The lowest BCUT2D eigenvalue weighted by Gasteiger charge is -2.22. The summed E-state index contributed by atoms with van der Waals surface area (Å²) >= 11 is 1.50. The maximum Gasteiger partial charge on any atom is 0.430 e. The molecule has 0 bridgehead atoms. The minimum Gasteiger partial charge on any atom is -0.542 e. The first-order valence-corrected chi connectivity index (χ1v) is 11.4. The van der Waals surface area contributed by atoms with Crippen LogP contribution in [0.3, 0.4) is 0 Å². The van der Waals surface area contributed by atoms with Gasteiger partial charge in [-0.05, 0) is 18.4 Å². The largest absolute Gasteiger partial charge is 0.542 e. The third-order valence-electron chi connectivity index (χ3n) is 5.04. The molecule has 2 aromatic rings. The molecule has 12 heteroatoms. The molecule has 0 spiro atoms. The van der Waals surface area contributed by atoms with Crippen molar-refractivity contribution in [3.63, 3.8) is 0 Å². The molecule has 2 aliphatic heterocycles. The summed E-state index contributed by atoms with van der Waals surface area (Å²) in [5.41, 5.74) is 2.50. The molecule has 0 atom stereocenters. The number of carboxylic acids is 1. The number of carboxylic acid groups (broad SMARTS) is 1. The van der Waals surface area contributed by atoms with E-state index in [-0.39, 0.29) is 0 Å². The van der Waals surface area contributed by atoms with Crippen molar-refractivity contribution in [2.24, 2.45) is 4.99 Å². The number of aliphatic imine (C=N–C) groups is 1. The molecule has 0 unspecified atom stereocenters. The molecule has 35 heavy (non-hydrogen) atoms. The van der Waals surface area contributed by atoms with Gasteiger partial charge in [0.2, 0.25) is 5.84 Å². The first-order chi connectivity index (χ1) is 16.8. The number of alkyl halides is 3. The summed E-state index contributed by atoms with van der Waals surface area (Å²) in [4.78, 5) is 20.1. The van der Waals surface area contributed by atoms with Crippen LogP contribution < -0.4 is 15.3 Å². The third-order valence-corrected chi connectivity index (χ3v) is 6.05. The molecule has 180 valence electrons. The highest BCUT2D eigenvalue weighted by atomic mass is 32.2. The second kappa shape index (κ2) is 11.5. The highest BCUT2D eigenvalue weighted by Gasteiger charge is 2.29. The summed E-state index contributed by atoms with van der Waals surface area (Å²) in [6, 6.07) is 14.3. The molecule has 8 nitrogen and oxygen atoms in total. The van der Waals surface area contributed by atoms with Gasteiger partial charge in [0.05, 0.1) is 17.5 Å². The number of benzene rings is 1. The Morgan fingerprint density at radius 1 is 1.14 bits per heavy atom. The predicted octanol–water partition coefficient (Wildman–Crippen LogP) is 1.93. The maximum atomic E-state index is 10.5. The third kappa shape index (κ3) is 6.38. The van der Waals surface area contributed by atoms with Crippen LogP contribution in [0.25, 0.3) is 11.1 Å². The SMILES string of the molecule is N#Cc1c(SCC2=NC=C[NH2+]2)nc(N2CCCC2)c(C#N)c1-c1ccccc1.O=C([O-])C(F)(F)F. The number of nitrogens with two attached hydrogens (primary N) is 1. The number of pyridine rings is 1. The van der Waals surface area contributed by atoms with Crippen molar-refractivity contribution in [3.05, 3.63) is 53.9 Å². The number of quaternary nitrogens is 1. The van der Waals surface area contributed by atoms with E-state index < -0.39 is 12.1 Å². The van der Waals surface area contributed by atoms with Gasteiger partial charge in [0, 0.05) is 18.7 Å². The molecule has 1 saturated heterocycles. The molecule has 4 rings (SSSR count). The zero-order valence-corrected chi connectivity index (χ0v) is 19.1. The number of aromatic nitrogens is 1. The van der Waals surface area contributed by atoms with Gasteiger partial charge < -0.3 is 14.8 Å². The number of halogens is 3. The Kier molecular flexibility index (Phi) is 8.47. The monoisotopic (exact) mass is 500 g/mol. The second-order valence-electron chi connectivity index (χ2n) is 7.35. The van der Waals surface area contributed by atoms with E-state index in [0.29, 0.717) is 33.3 Å². The van der Waals surface area contributed by atoms with E-state index in [0.717, 1.165) is 37.3 Å². The summed E-state index contributed by atoms with van der Waals surface area (Å²) in [5.74, 6) is -0.735. The van der Waals surface area contributed by atoms with Gasteiger partial charge in [0.15, 0.2) is 0 Å². The zero-order chi connectivity index (χ0) is 25.4. The first-order valence-electron chi connectivity index (χ1n) is 10.4. The van der Waals surface area contributed by atoms with Gasteiger partial charge in [-0.2, -0.15) is 23.7 Å². The van der Waals surface area contributed by atoms with Crippen molar-refractivity contribution in [1.82, 2.24) is 4.98 Å². The van der Waals surface area contributed by atoms with Crippen LogP contribution in [0.5, 0.6) is 0 Å². The molecule has 0 aliphatic carbocycles. The van der Waals surface area contributed by atoms with Crippen LogP contribution in [0.15, 0.2) is 52.8 Å². The minimum atomic E-state index is -5.19. The van der Waals surface area contributed by atoms with Gasteiger partial charge in [0.25, 0.3) is 0 Å². The van der Waals surface area contributed by atoms with Gasteiger partial charge >= 0.3 is 6.18 Å². The lowest BCUT2D eigenvalue weighted by atomic mass is 9.96. The zero-order valence-electron chi connectivity index (χ0n) is 18.2. The van der Waals surface area contributed by atoms with Crippen molar-refractivity contribution in [2.75, 3.05) is 23.7 Å². The highest BCUT2D eigenvalue weighted by Crippen LogP contribution is 2.38. The number of thioether (sulfide) groups is 1. The minimum absolute atomic E-state index is 0.460. The van der Waals surface area contributed by atoms with Gasteiger partial charge in [-0.25, -0.2) is 9.98 Å². The highest BCUT2D eigenvalue weighted by molar-refractivity contribution is 8.00. The average Bonchev–Trinajstić information content (AvgIpc) is 3.56. The van der Waals surface area contributed by atoms with E-state index >= 15 is 0 Å². The van der Waals surface area contributed by atoms with Gasteiger partial charge in [0.1, 0.15) is 40.7 Å². The Labute approximate surface area is 203 Å². The van der Waals surface area contributed by atoms with Gasteiger partial charge in [-0.1, -0.05) is 42.1 Å². The van der Waals surface area contributed by atoms with Gasteiger partial charge in [-0.15, -0.1) is 0 Å². The lowest BCUT2D eigenvalue weighted by Crippen LogP contribution is -2.81. The number of hydrogen-bond donors (Lipinski definition) is 1. The predicted molar refractivity (Wildman–Crippen MR) is 121 cm³/mol. The summed E-state index contributed by atoms with van der Waals surface area (Å²) < 4.78 is 31.5. The average molecular weight is 501 g/mol. The molecule has 0 amide bonds. The van der Waals surface area contributed by atoms with Crippen molar-refractivity contribution in [3.8, 4) is 23.3 Å². The quantitative estimate of drug-likeness (QED) is 0.620. The summed E-state index contributed by atoms with van der Waals surface area (Å²) in [6.07, 6.45) is 0.650. The number of carbonyl (C=O) groups excluding carboxylic acids is 1. The van der Waals surface area contributed by atoms with E-state index in [2.05, 4.69) is 22.0 Å². The van der Waals surface area contributed by atoms with Crippen LogP contribution in [0.4, 0.5) is 19.0 Å². The number of nitrogens with zero attached hydrogens (tertiary/aromatic N) is 5. The number of anilines is 1. The molecule has 1 aromatic carbocycles. The van der Waals surface area contributed by atoms with Crippen LogP contribution in [-0.4, -0.2) is 41.8 Å². The van der Waals surface area contributed by atoms with Crippen molar-refractivity contribution < 1.29 is 28.4 Å². The van der Waals surface area contributed by atoms with Crippen molar-refractivity contribution in [1.29, 1.82) is 10.5 Å². The maximum absolute atomic E-state index is 10.5.